The Hall–Kier alpha value is -2.66. The van der Waals surface area contributed by atoms with Crippen molar-refractivity contribution in [3.05, 3.63) is 66.2 Å². The number of hydrogen-bond acceptors (Lipinski definition) is 5. The highest BCUT2D eigenvalue weighted by molar-refractivity contribution is 5.82. The minimum absolute atomic E-state index is 0.0512. The van der Waals surface area contributed by atoms with Crippen LogP contribution < -0.4 is 4.74 Å². The predicted octanol–water partition coefficient (Wildman–Crippen LogP) is 6.06. The molecule has 0 radical (unpaired) electrons. The zero-order valence-electron chi connectivity index (χ0n) is 17.0. The van der Waals surface area contributed by atoms with Gasteiger partial charge in [0.25, 0.3) is 0 Å². The molecule has 0 saturated heterocycles. The van der Waals surface area contributed by atoms with Crippen LogP contribution in [0.1, 0.15) is 57.4 Å². The van der Waals surface area contributed by atoms with E-state index < -0.39 is 12.1 Å². The van der Waals surface area contributed by atoms with E-state index in [2.05, 4.69) is 6.92 Å². The van der Waals surface area contributed by atoms with Crippen molar-refractivity contribution >= 4 is 12.1 Å². The van der Waals surface area contributed by atoms with E-state index in [9.17, 15) is 9.59 Å². The number of ether oxygens (including phenoxy) is 3. The van der Waals surface area contributed by atoms with Crippen molar-refractivity contribution in [1.82, 2.24) is 0 Å². The molecular weight excluding hydrogens is 368 g/mol. The lowest BCUT2D eigenvalue weighted by molar-refractivity contribution is -0.139. The largest absolute Gasteiger partial charge is 0.521 e. The Morgan fingerprint density at radius 2 is 1.55 bits per heavy atom. The fraction of sp³-hybridized carbons (Fsp3) is 0.417. The number of para-hydroxylation sites is 1. The van der Waals surface area contributed by atoms with Crippen LogP contribution in [0, 0.1) is 0 Å². The Bertz CT molecular complexity index is 715. The van der Waals surface area contributed by atoms with Crippen molar-refractivity contribution in [1.29, 1.82) is 0 Å². The van der Waals surface area contributed by atoms with Gasteiger partial charge in [-0.05, 0) is 30.5 Å². The molecule has 0 fully saturated rings. The van der Waals surface area contributed by atoms with Gasteiger partial charge in [0.1, 0.15) is 5.75 Å². The third-order valence-electron chi connectivity index (χ3n) is 4.52. The summed E-state index contributed by atoms with van der Waals surface area (Å²) in [6.07, 6.45) is 5.01. The summed E-state index contributed by atoms with van der Waals surface area (Å²) in [5.74, 6) is -0.266. The predicted molar refractivity (Wildman–Crippen MR) is 112 cm³/mol. The number of rotatable bonds is 12. The average Bonchev–Trinajstić information content (AvgIpc) is 2.74. The lowest BCUT2D eigenvalue weighted by Crippen LogP contribution is -2.19. The maximum Gasteiger partial charge on any atom is 0.521 e. The second kappa shape index (κ2) is 13.5. The van der Waals surface area contributed by atoms with Gasteiger partial charge >= 0.3 is 12.1 Å². The summed E-state index contributed by atoms with van der Waals surface area (Å²) in [4.78, 5) is 23.7. The molecule has 0 aliphatic heterocycles. The molecule has 0 bridgehead atoms. The first-order valence-corrected chi connectivity index (χ1v) is 10.3. The molecule has 1 atom stereocenters. The molecule has 29 heavy (non-hydrogen) atoms. The zero-order valence-corrected chi connectivity index (χ0v) is 17.0. The average molecular weight is 398 g/mol. The van der Waals surface area contributed by atoms with Gasteiger partial charge in [0.15, 0.2) is 0 Å². The van der Waals surface area contributed by atoms with E-state index in [1.54, 1.807) is 30.3 Å². The quantitative estimate of drug-likeness (QED) is 0.188. The summed E-state index contributed by atoms with van der Waals surface area (Å²) in [7, 11) is 0. The first kappa shape index (κ1) is 22.6. The fourth-order valence-electron chi connectivity index (χ4n) is 2.93. The van der Waals surface area contributed by atoms with Crippen LogP contribution in [-0.4, -0.2) is 18.2 Å². The first-order chi connectivity index (χ1) is 14.2. The van der Waals surface area contributed by atoms with Crippen molar-refractivity contribution in [2.75, 3.05) is 0 Å². The minimum atomic E-state index is -1.01. The maximum atomic E-state index is 12.0. The van der Waals surface area contributed by atoms with E-state index in [1.807, 2.05) is 30.3 Å². The van der Waals surface area contributed by atoms with E-state index >= 15 is 0 Å². The smallest absolute Gasteiger partial charge is 0.395 e. The Morgan fingerprint density at radius 1 is 0.862 bits per heavy atom. The first-order valence-electron chi connectivity index (χ1n) is 10.3. The van der Waals surface area contributed by atoms with Gasteiger partial charge < -0.3 is 14.2 Å². The highest BCUT2D eigenvalue weighted by Crippen LogP contribution is 2.16. The molecule has 0 aliphatic rings. The van der Waals surface area contributed by atoms with E-state index in [1.165, 1.54) is 12.8 Å². The molecule has 5 nitrogen and oxygen atoms in total. The summed E-state index contributed by atoms with van der Waals surface area (Å²) in [5.41, 5.74) is 1.10. The van der Waals surface area contributed by atoms with Gasteiger partial charge in [-0.2, -0.15) is 0 Å². The molecule has 1 unspecified atom stereocenters. The number of carbonyl (C=O) groups excluding carboxylic acids is 2. The minimum Gasteiger partial charge on any atom is -0.395 e. The molecule has 0 saturated carbocycles. The Balaban J connectivity index is 1.76. The molecule has 0 heterocycles. The number of hydrogen-bond donors (Lipinski definition) is 0. The van der Waals surface area contributed by atoms with Crippen molar-refractivity contribution in [2.24, 2.45) is 0 Å². The summed E-state index contributed by atoms with van der Waals surface area (Å²) in [6, 6.07) is 18.5. The summed E-state index contributed by atoms with van der Waals surface area (Å²) in [6.45, 7) is 2.68. The number of carbonyl (C=O) groups is 2. The molecule has 2 rings (SSSR count). The van der Waals surface area contributed by atoms with Crippen LogP contribution in [-0.2, 0) is 20.9 Å². The third-order valence-corrected chi connectivity index (χ3v) is 4.52. The maximum absolute atomic E-state index is 12.0. The number of benzene rings is 2. The fourth-order valence-corrected chi connectivity index (χ4v) is 2.93. The Kier molecular flexibility index (Phi) is 10.5. The van der Waals surface area contributed by atoms with Crippen LogP contribution in [0.3, 0.4) is 0 Å². The van der Waals surface area contributed by atoms with Gasteiger partial charge in [-0.1, -0.05) is 81.1 Å². The molecule has 5 heteroatoms. The molecule has 0 aromatic heterocycles. The third kappa shape index (κ3) is 9.90. The molecule has 0 spiro atoms. The van der Waals surface area contributed by atoms with Gasteiger partial charge in [-0.25, -0.2) is 4.79 Å². The van der Waals surface area contributed by atoms with E-state index in [0.29, 0.717) is 18.8 Å². The van der Waals surface area contributed by atoms with Gasteiger partial charge in [-0.3, -0.25) is 4.79 Å². The molecule has 0 amide bonds. The van der Waals surface area contributed by atoms with E-state index in [4.69, 9.17) is 14.2 Å². The van der Waals surface area contributed by atoms with Crippen molar-refractivity contribution in [3.63, 3.8) is 0 Å². The molecule has 0 N–H and O–H groups in total. The van der Waals surface area contributed by atoms with Crippen molar-refractivity contribution < 1.29 is 23.8 Å². The summed E-state index contributed by atoms with van der Waals surface area (Å²) >= 11 is 0. The van der Waals surface area contributed by atoms with Crippen LogP contribution in [0.5, 0.6) is 5.75 Å². The van der Waals surface area contributed by atoms with Crippen molar-refractivity contribution in [2.45, 2.75) is 64.6 Å². The SMILES string of the molecule is CCCCCCC(CCC(=O)OC(=O)Oc1ccccc1)OCc1ccccc1. The molecule has 156 valence electrons. The zero-order chi connectivity index (χ0) is 20.7. The summed E-state index contributed by atoms with van der Waals surface area (Å²) < 4.78 is 15.8. The molecular formula is C24H30O5. The lowest BCUT2D eigenvalue weighted by atomic mass is 10.1. The van der Waals surface area contributed by atoms with E-state index in [0.717, 1.165) is 24.8 Å². The van der Waals surface area contributed by atoms with Crippen LogP contribution >= 0.6 is 0 Å². The molecule has 2 aromatic carbocycles. The van der Waals surface area contributed by atoms with E-state index in [-0.39, 0.29) is 12.5 Å². The highest BCUT2D eigenvalue weighted by atomic mass is 16.7. The molecule has 0 aliphatic carbocycles. The topological polar surface area (TPSA) is 61.8 Å². The van der Waals surface area contributed by atoms with Crippen LogP contribution in [0.25, 0.3) is 0 Å². The van der Waals surface area contributed by atoms with Gasteiger partial charge in [0.2, 0.25) is 0 Å². The van der Waals surface area contributed by atoms with Crippen LogP contribution in [0.4, 0.5) is 4.79 Å². The standard InChI is InChI=1S/C24H30O5/c1-2-3-4-9-14-21(27-19-20-12-7-5-8-13-20)17-18-23(25)29-24(26)28-22-15-10-6-11-16-22/h5-8,10-13,15-16,21H,2-4,9,14,17-19H2,1H3. The Morgan fingerprint density at radius 3 is 2.24 bits per heavy atom. The number of esters is 1. The Labute approximate surface area is 173 Å². The second-order valence-corrected chi connectivity index (χ2v) is 6.95. The van der Waals surface area contributed by atoms with Gasteiger partial charge in [0, 0.05) is 6.42 Å². The van der Waals surface area contributed by atoms with Gasteiger partial charge in [-0.15, -0.1) is 0 Å². The van der Waals surface area contributed by atoms with Gasteiger partial charge in [0.05, 0.1) is 12.7 Å². The second-order valence-electron chi connectivity index (χ2n) is 6.95. The monoisotopic (exact) mass is 398 g/mol. The number of unbranched alkanes of at least 4 members (excludes halogenated alkanes) is 3. The molecule has 2 aromatic rings. The normalized spacial score (nSPS) is 11.6. The van der Waals surface area contributed by atoms with Crippen LogP contribution in [0.15, 0.2) is 60.7 Å². The lowest BCUT2D eigenvalue weighted by Gasteiger charge is -2.17. The highest BCUT2D eigenvalue weighted by Gasteiger charge is 2.17. The summed E-state index contributed by atoms with van der Waals surface area (Å²) in [5, 5.41) is 0. The van der Waals surface area contributed by atoms with Crippen molar-refractivity contribution in [3.8, 4) is 5.75 Å². The van der Waals surface area contributed by atoms with Crippen LogP contribution in [0.2, 0.25) is 0 Å².